The first-order valence-electron chi connectivity index (χ1n) is 12.6. The first-order chi connectivity index (χ1) is 17.3. The van der Waals surface area contributed by atoms with Gasteiger partial charge in [0, 0.05) is 23.7 Å². The van der Waals surface area contributed by atoms with Gasteiger partial charge in [-0.1, -0.05) is 23.4 Å². The Bertz CT molecular complexity index is 1340. The van der Waals surface area contributed by atoms with E-state index in [1.807, 2.05) is 33.8 Å². The molecule has 0 amide bonds. The molecule has 1 aromatic heterocycles. The highest BCUT2D eigenvalue weighted by Crippen LogP contribution is 2.63. The molecule has 6 rings (SSSR count). The van der Waals surface area contributed by atoms with Crippen molar-refractivity contribution in [3.63, 3.8) is 0 Å². The van der Waals surface area contributed by atoms with E-state index in [-0.39, 0.29) is 18.2 Å². The van der Waals surface area contributed by atoms with E-state index in [1.165, 1.54) is 11.1 Å². The molecule has 0 radical (unpaired) electrons. The molecule has 2 heterocycles. The van der Waals surface area contributed by atoms with E-state index in [0.29, 0.717) is 47.0 Å². The maximum Gasteiger partial charge on any atom is 0.258 e. The average Bonchev–Trinajstić information content (AvgIpc) is 3.18. The van der Waals surface area contributed by atoms with Gasteiger partial charge in [0.2, 0.25) is 5.82 Å². The molecule has 0 bridgehead atoms. The second kappa shape index (κ2) is 8.70. The first-order valence-corrected chi connectivity index (χ1v) is 12.6. The Kier molecular flexibility index (Phi) is 5.60. The van der Waals surface area contributed by atoms with Crippen molar-refractivity contribution in [2.24, 2.45) is 5.92 Å². The van der Waals surface area contributed by atoms with Gasteiger partial charge in [-0.05, 0) is 75.3 Å². The Morgan fingerprint density at radius 1 is 1.25 bits per heavy atom. The van der Waals surface area contributed by atoms with Gasteiger partial charge < -0.3 is 24.1 Å². The molecule has 186 valence electrons. The van der Waals surface area contributed by atoms with E-state index in [0.717, 1.165) is 18.5 Å². The van der Waals surface area contributed by atoms with Crippen LogP contribution in [0.2, 0.25) is 0 Å². The van der Waals surface area contributed by atoms with E-state index >= 15 is 0 Å². The molecule has 4 atom stereocenters. The summed E-state index contributed by atoms with van der Waals surface area (Å²) in [6.07, 6.45) is 1.19. The normalized spacial score (nSPS) is 25.4. The fourth-order valence-electron chi connectivity index (χ4n) is 5.55. The topological polar surface area (TPSA) is 102 Å². The summed E-state index contributed by atoms with van der Waals surface area (Å²) in [7, 11) is 0. The van der Waals surface area contributed by atoms with Gasteiger partial charge in [0.15, 0.2) is 5.79 Å². The minimum atomic E-state index is -0.513. The SMILES string of the molecule is CC(C)Oc1ccc(-c2nc(-c3cccc4c3C3CC3C4NCC3COC(C)(C)O3)no2)cc1C#N. The molecule has 1 N–H and O–H groups in total. The molecular formula is C28H30N4O4. The van der Waals surface area contributed by atoms with Gasteiger partial charge >= 0.3 is 0 Å². The van der Waals surface area contributed by atoms with Gasteiger partial charge in [-0.3, -0.25) is 0 Å². The summed E-state index contributed by atoms with van der Waals surface area (Å²) in [5, 5.41) is 17.6. The van der Waals surface area contributed by atoms with Crippen LogP contribution in [-0.2, 0) is 9.47 Å². The van der Waals surface area contributed by atoms with Gasteiger partial charge in [-0.25, -0.2) is 0 Å². The highest BCUT2D eigenvalue weighted by atomic mass is 16.7. The summed E-state index contributed by atoms with van der Waals surface area (Å²) in [5.41, 5.74) is 4.77. The number of benzene rings is 2. The number of fused-ring (bicyclic) bond motifs is 3. The molecule has 3 aliphatic rings. The Labute approximate surface area is 210 Å². The molecule has 2 fully saturated rings. The zero-order chi connectivity index (χ0) is 25.0. The molecule has 0 spiro atoms. The number of ether oxygens (including phenoxy) is 3. The zero-order valence-corrected chi connectivity index (χ0v) is 20.9. The van der Waals surface area contributed by atoms with E-state index < -0.39 is 5.79 Å². The lowest BCUT2D eigenvalue weighted by atomic mass is 9.97. The van der Waals surface area contributed by atoms with Crippen LogP contribution in [0.5, 0.6) is 5.75 Å². The number of rotatable bonds is 7. The van der Waals surface area contributed by atoms with E-state index in [4.69, 9.17) is 23.7 Å². The molecule has 3 aromatic rings. The standard InChI is InChI=1S/C28H30N4O4/c1-15(2)34-23-9-8-16(10-17(23)12-29)27-31-26(32-36-27)20-7-5-6-19-24(20)21-11-22(21)25(19)30-13-18-14-33-28(3,4)35-18/h5-10,15,18,21-22,25,30H,11,13-14H2,1-4H3. The molecule has 1 saturated heterocycles. The lowest BCUT2D eigenvalue weighted by Gasteiger charge is -2.21. The molecule has 36 heavy (non-hydrogen) atoms. The van der Waals surface area contributed by atoms with Crippen LogP contribution in [0.25, 0.3) is 22.8 Å². The predicted octanol–water partition coefficient (Wildman–Crippen LogP) is 4.96. The summed E-state index contributed by atoms with van der Waals surface area (Å²) < 4.78 is 23.1. The second-order valence-corrected chi connectivity index (χ2v) is 10.6. The summed E-state index contributed by atoms with van der Waals surface area (Å²) >= 11 is 0. The van der Waals surface area contributed by atoms with Crippen LogP contribution < -0.4 is 10.1 Å². The van der Waals surface area contributed by atoms with Crippen molar-refractivity contribution in [1.82, 2.24) is 15.5 Å². The minimum absolute atomic E-state index is 0.0198. The monoisotopic (exact) mass is 486 g/mol. The van der Waals surface area contributed by atoms with Crippen LogP contribution in [0.4, 0.5) is 0 Å². The third-order valence-electron chi connectivity index (χ3n) is 7.12. The fourth-order valence-corrected chi connectivity index (χ4v) is 5.55. The second-order valence-electron chi connectivity index (χ2n) is 10.6. The Hall–Kier alpha value is -3.25. The molecular weight excluding hydrogens is 456 g/mol. The molecule has 8 heteroatoms. The van der Waals surface area contributed by atoms with Crippen molar-refractivity contribution in [3.8, 4) is 34.7 Å². The number of aromatic nitrogens is 2. The van der Waals surface area contributed by atoms with E-state index in [9.17, 15) is 5.26 Å². The fraction of sp³-hybridized carbons (Fsp3) is 0.464. The summed E-state index contributed by atoms with van der Waals surface area (Å²) in [5.74, 6) is 2.08. The maximum absolute atomic E-state index is 9.57. The first kappa shape index (κ1) is 23.2. The molecule has 8 nitrogen and oxygen atoms in total. The molecule has 2 aromatic carbocycles. The van der Waals surface area contributed by atoms with Crippen LogP contribution in [-0.4, -0.2) is 41.3 Å². The Morgan fingerprint density at radius 2 is 2.11 bits per heavy atom. The van der Waals surface area contributed by atoms with Crippen molar-refractivity contribution < 1.29 is 18.7 Å². The predicted molar refractivity (Wildman–Crippen MR) is 132 cm³/mol. The Balaban J connectivity index is 1.24. The van der Waals surface area contributed by atoms with Crippen LogP contribution in [0.15, 0.2) is 40.9 Å². The molecule has 2 aliphatic carbocycles. The number of nitrogens with zero attached hydrogens (tertiary/aromatic N) is 3. The minimum Gasteiger partial charge on any atom is -0.490 e. The quantitative estimate of drug-likeness (QED) is 0.500. The maximum atomic E-state index is 9.57. The number of nitrogens with one attached hydrogen (secondary N) is 1. The lowest BCUT2D eigenvalue weighted by Crippen LogP contribution is -2.33. The highest BCUT2D eigenvalue weighted by Gasteiger charge is 2.53. The van der Waals surface area contributed by atoms with Crippen molar-refractivity contribution in [2.45, 2.75) is 64.1 Å². The summed E-state index contributed by atoms with van der Waals surface area (Å²) in [6.45, 7) is 9.13. The molecule has 1 aliphatic heterocycles. The largest absolute Gasteiger partial charge is 0.490 e. The zero-order valence-electron chi connectivity index (χ0n) is 20.9. The summed E-state index contributed by atoms with van der Waals surface area (Å²) in [6, 6.07) is 14.2. The highest BCUT2D eigenvalue weighted by molar-refractivity contribution is 5.69. The smallest absolute Gasteiger partial charge is 0.258 e. The lowest BCUT2D eigenvalue weighted by molar-refractivity contribution is -0.137. The van der Waals surface area contributed by atoms with Gasteiger partial charge in [0.05, 0.1) is 24.4 Å². The molecule has 4 unspecified atom stereocenters. The molecule has 1 saturated carbocycles. The van der Waals surface area contributed by atoms with Crippen molar-refractivity contribution in [2.75, 3.05) is 13.2 Å². The Morgan fingerprint density at radius 3 is 2.86 bits per heavy atom. The van der Waals surface area contributed by atoms with Crippen molar-refractivity contribution in [1.29, 1.82) is 5.26 Å². The average molecular weight is 487 g/mol. The van der Waals surface area contributed by atoms with Gasteiger partial charge in [0.25, 0.3) is 5.89 Å². The van der Waals surface area contributed by atoms with Gasteiger partial charge in [-0.15, -0.1) is 0 Å². The number of hydrogen-bond donors (Lipinski definition) is 1. The van der Waals surface area contributed by atoms with E-state index in [1.54, 1.807) is 12.1 Å². The van der Waals surface area contributed by atoms with Crippen LogP contribution in [0.1, 0.15) is 62.8 Å². The third-order valence-corrected chi connectivity index (χ3v) is 7.12. The van der Waals surface area contributed by atoms with E-state index in [2.05, 4.69) is 34.7 Å². The van der Waals surface area contributed by atoms with Crippen molar-refractivity contribution >= 4 is 0 Å². The number of nitriles is 1. The van der Waals surface area contributed by atoms with Gasteiger partial charge in [0.1, 0.15) is 11.8 Å². The van der Waals surface area contributed by atoms with Gasteiger partial charge in [-0.2, -0.15) is 10.2 Å². The van der Waals surface area contributed by atoms with Crippen LogP contribution in [0, 0.1) is 17.2 Å². The number of hydrogen-bond acceptors (Lipinski definition) is 8. The third kappa shape index (κ3) is 4.17. The van der Waals surface area contributed by atoms with Crippen molar-refractivity contribution in [3.05, 3.63) is 53.1 Å². The summed E-state index contributed by atoms with van der Waals surface area (Å²) in [4.78, 5) is 4.71. The van der Waals surface area contributed by atoms with Crippen LogP contribution in [0.3, 0.4) is 0 Å². The van der Waals surface area contributed by atoms with Crippen LogP contribution >= 0.6 is 0 Å².